The van der Waals surface area contributed by atoms with Gasteiger partial charge in [-0.1, -0.05) is 39.7 Å². The second kappa shape index (κ2) is 6.71. The van der Waals surface area contributed by atoms with E-state index in [9.17, 15) is 4.79 Å². The van der Waals surface area contributed by atoms with Gasteiger partial charge in [0.25, 0.3) is 5.91 Å². The van der Waals surface area contributed by atoms with Crippen molar-refractivity contribution < 1.29 is 9.21 Å². The van der Waals surface area contributed by atoms with Gasteiger partial charge in [0.15, 0.2) is 5.76 Å². The lowest BCUT2D eigenvalue weighted by Crippen LogP contribution is -2.12. The van der Waals surface area contributed by atoms with Crippen LogP contribution in [0.2, 0.25) is 5.02 Å². The van der Waals surface area contributed by atoms with Crippen LogP contribution in [0.15, 0.2) is 57.4 Å². The van der Waals surface area contributed by atoms with Crippen molar-refractivity contribution in [1.29, 1.82) is 0 Å². The standard InChI is InChI=1S/C18H14BrClN2O2/c1-10-2-3-11(8-13(10)20)16-6-7-17(24-16)18(23)22-15-5-4-12(19)9-14(15)21/h2-9H,21H2,1H3,(H,22,23). The zero-order chi connectivity index (χ0) is 17.3. The second-order valence-corrected chi connectivity index (χ2v) is 6.64. The van der Waals surface area contributed by atoms with E-state index in [1.54, 1.807) is 30.3 Å². The first-order valence-electron chi connectivity index (χ1n) is 7.17. The van der Waals surface area contributed by atoms with Gasteiger partial charge in [-0.3, -0.25) is 4.79 Å². The van der Waals surface area contributed by atoms with E-state index >= 15 is 0 Å². The molecule has 0 spiro atoms. The fourth-order valence-corrected chi connectivity index (χ4v) is 2.75. The molecule has 3 N–H and O–H groups in total. The van der Waals surface area contributed by atoms with Crippen molar-refractivity contribution in [3.05, 3.63) is 69.3 Å². The molecule has 0 saturated heterocycles. The molecule has 6 heteroatoms. The summed E-state index contributed by atoms with van der Waals surface area (Å²) < 4.78 is 6.48. The van der Waals surface area contributed by atoms with Crippen molar-refractivity contribution in [2.75, 3.05) is 11.1 Å². The summed E-state index contributed by atoms with van der Waals surface area (Å²) in [5.41, 5.74) is 8.67. The second-order valence-electron chi connectivity index (χ2n) is 5.31. The average molecular weight is 406 g/mol. The number of hydrogen-bond donors (Lipinski definition) is 2. The summed E-state index contributed by atoms with van der Waals surface area (Å²) in [5.74, 6) is 0.406. The van der Waals surface area contributed by atoms with Gasteiger partial charge in [0.2, 0.25) is 0 Å². The molecule has 0 aliphatic rings. The molecule has 24 heavy (non-hydrogen) atoms. The SMILES string of the molecule is Cc1ccc(-c2ccc(C(=O)Nc3ccc(Br)cc3N)o2)cc1Cl. The van der Waals surface area contributed by atoms with Gasteiger partial charge >= 0.3 is 0 Å². The van der Waals surface area contributed by atoms with Gasteiger partial charge in [-0.15, -0.1) is 0 Å². The maximum atomic E-state index is 12.3. The number of benzene rings is 2. The molecule has 0 unspecified atom stereocenters. The minimum atomic E-state index is -0.367. The summed E-state index contributed by atoms with van der Waals surface area (Å²) in [6.07, 6.45) is 0. The topological polar surface area (TPSA) is 68.3 Å². The van der Waals surface area contributed by atoms with Crippen molar-refractivity contribution in [3.8, 4) is 11.3 Å². The molecular formula is C18H14BrClN2O2. The Morgan fingerprint density at radius 3 is 2.67 bits per heavy atom. The highest BCUT2D eigenvalue weighted by molar-refractivity contribution is 9.10. The van der Waals surface area contributed by atoms with E-state index in [1.165, 1.54) is 0 Å². The van der Waals surface area contributed by atoms with E-state index in [0.717, 1.165) is 15.6 Å². The molecule has 1 aromatic heterocycles. The number of rotatable bonds is 3. The Labute approximate surface area is 152 Å². The summed E-state index contributed by atoms with van der Waals surface area (Å²) in [7, 11) is 0. The van der Waals surface area contributed by atoms with Crippen molar-refractivity contribution in [3.63, 3.8) is 0 Å². The van der Waals surface area contributed by atoms with Crippen molar-refractivity contribution >= 4 is 44.8 Å². The van der Waals surface area contributed by atoms with Gasteiger partial charge in [-0.05, 0) is 48.9 Å². The van der Waals surface area contributed by atoms with E-state index in [4.69, 9.17) is 21.8 Å². The van der Waals surface area contributed by atoms with Gasteiger partial charge in [-0.2, -0.15) is 0 Å². The van der Waals surface area contributed by atoms with Crippen molar-refractivity contribution in [1.82, 2.24) is 0 Å². The third kappa shape index (κ3) is 3.47. The third-order valence-corrected chi connectivity index (χ3v) is 4.45. The van der Waals surface area contributed by atoms with E-state index in [0.29, 0.717) is 22.2 Å². The van der Waals surface area contributed by atoms with Crippen LogP contribution >= 0.6 is 27.5 Å². The summed E-state index contributed by atoms with van der Waals surface area (Å²) >= 11 is 9.46. The van der Waals surface area contributed by atoms with E-state index < -0.39 is 0 Å². The minimum Gasteiger partial charge on any atom is -0.451 e. The highest BCUT2D eigenvalue weighted by Gasteiger charge is 2.14. The van der Waals surface area contributed by atoms with Crippen LogP contribution in [-0.4, -0.2) is 5.91 Å². The summed E-state index contributed by atoms with van der Waals surface area (Å²) in [6, 6.07) is 14.2. The van der Waals surface area contributed by atoms with Crippen LogP contribution in [0, 0.1) is 6.92 Å². The number of nitrogens with two attached hydrogens (primary N) is 1. The molecule has 0 atom stereocenters. The van der Waals surface area contributed by atoms with Gasteiger partial charge in [0.1, 0.15) is 5.76 Å². The number of nitrogen functional groups attached to an aromatic ring is 1. The lowest BCUT2D eigenvalue weighted by atomic mass is 10.1. The Morgan fingerprint density at radius 1 is 1.17 bits per heavy atom. The van der Waals surface area contributed by atoms with E-state index in [2.05, 4.69) is 21.2 Å². The van der Waals surface area contributed by atoms with Gasteiger partial charge < -0.3 is 15.5 Å². The highest BCUT2D eigenvalue weighted by atomic mass is 79.9. The number of halogens is 2. The highest BCUT2D eigenvalue weighted by Crippen LogP contribution is 2.28. The fourth-order valence-electron chi connectivity index (χ4n) is 2.19. The van der Waals surface area contributed by atoms with Crippen molar-refractivity contribution in [2.45, 2.75) is 6.92 Å². The molecule has 0 bridgehead atoms. The Hall–Kier alpha value is -2.24. The summed E-state index contributed by atoms with van der Waals surface area (Å²) in [6.45, 7) is 1.93. The first kappa shape index (κ1) is 16.6. The Kier molecular flexibility index (Phi) is 4.64. The van der Waals surface area contributed by atoms with E-state index in [1.807, 2.05) is 25.1 Å². The lowest BCUT2D eigenvalue weighted by molar-refractivity contribution is 0.0997. The smallest absolute Gasteiger partial charge is 0.291 e. The molecule has 1 heterocycles. The minimum absolute atomic E-state index is 0.198. The Bertz CT molecular complexity index is 921. The number of anilines is 2. The molecule has 3 aromatic rings. The Morgan fingerprint density at radius 2 is 1.96 bits per heavy atom. The van der Waals surface area contributed by atoms with Crippen molar-refractivity contribution in [2.24, 2.45) is 0 Å². The predicted octanol–water partition coefficient (Wildman–Crippen LogP) is 5.51. The quantitative estimate of drug-likeness (QED) is 0.565. The number of nitrogens with one attached hydrogen (secondary N) is 1. The molecule has 0 aliphatic heterocycles. The summed E-state index contributed by atoms with van der Waals surface area (Å²) in [5, 5.41) is 3.38. The van der Waals surface area contributed by atoms with Gasteiger partial charge in [-0.25, -0.2) is 0 Å². The molecule has 0 radical (unpaired) electrons. The number of hydrogen-bond acceptors (Lipinski definition) is 3. The molecule has 3 rings (SSSR count). The molecule has 1 amide bonds. The molecule has 0 fully saturated rings. The first-order chi connectivity index (χ1) is 11.4. The predicted molar refractivity (Wildman–Crippen MR) is 100 cm³/mol. The number of aryl methyl sites for hydroxylation is 1. The maximum absolute atomic E-state index is 12.3. The van der Waals surface area contributed by atoms with Crippen LogP contribution in [0.1, 0.15) is 16.1 Å². The van der Waals surface area contributed by atoms with Crippen LogP contribution in [0.3, 0.4) is 0 Å². The maximum Gasteiger partial charge on any atom is 0.291 e. The van der Waals surface area contributed by atoms with Crippen LogP contribution < -0.4 is 11.1 Å². The third-order valence-electron chi connectivity index (χ3n) is 3.55. The number of carbonyl (C=O) groups is 1. The lowest BCUT2D eigenvalue weighted by Gasteiger charge is -2.07. The number of furan rings is 1. The largest absolute Gasteiger partial charge is 0.451 e. The summed E-state index contributed by atoms with van der Waals surface area (Å²) in [4.78, 5) is 12.3. The zero-order valence-corrected chi connectivity index (χ0v) is 15.1. The number of carbonyl (C=O) groups excluding carboxylic acids is 1. The van der Waals surface area contributed by atoms with E-state index in [-0.39, 0.29) is 11.7 Å². The van der Waals surface area contributed by atoms with Crippen LogP contribution in [0.25, 0.3) is 11.3 Å². The fraction of sp³-hybridized carbons (Fsp3) is 0.0556. The van der Waals surface area contributed by atoms with Crippen LogP contribution in [-0.2, 0) is 0 Å². The Balaban J connectivity index is 1.82. The van der Waals surface area contributed by atoms with Crippen LogP contribution in [0.5, 0.6) is 0 Å². The molecule has 0 aliphatic carbocycles. The van der Waals surface area contributed by atoms with Gasteiger partial charge in [0.05, 0.1) is 11.4 Å². The first-order valence-corrected chi connectivity index (χ1v) is 8.34. The molecule has 122 valence electrons. The zero-order valence-electron chi connectivity index (χ0n) is 12.8. The monoisotopic (exact) mass is 404 g/mol. The van der Waals surface area contributed by atoms with Gasteiger partial charge in [0, 0.05) is 15.1 Å². The molecular weight excluding hydrogens is 392 g/mol. The average Bonchev–Trinajstić information content (AvgIpc) is 3.03. The molecule has 2 aromatic carbocycles. The normalized spacial score (nSPS) is 10.6. The molecule has 0 saturated carbocycles. The molecule has 4 nitrogen and oxygen atoms in total. The van der Waals surface area contributed by atoms with Crippen LogP contribution in [0.4, 0.5) is 11.4 Å². The number of amides is 1.